The summed E-state index contributed by atoms with van der Waals surface area (Å²) in [5.74, 6) is 0.794. The lowest BCUT2D eigenvalue weighted by molar-refractivity contribution is -0.00546. The second-order valence-electron chi connectivity index (χ2n) is 7.34. The fourth-order valence-corrected chi connectivity index (χ4v) is 3.63. The third-order valence-electron chi connectivity index (χ3n) is 4.91. The van der Waals surface area contributed by atoms with Crippen LogP contribution in [0.15, 0.2) is 61.1 Å². The maximum absolute atomic E-state index is 12.7. The summed E-state index contributed by atoms with van der Waals surface area (Å²) in [6.45, 7) is 6.23. The van der Waals surface area contributed by atoms with Crippen LogP contribution in [0.25, 0.3) is 5.69 Å². The predicted octanol–water partition coefficient (Wildman–Crippen LogP) is 2.81. The molecule has 3 heterocycles. The number of ether oxygens (including phenoxy) is 1. The minimum atomic E-state index is -0.143. The van der Waals surface area contributed by atoms with Crippen LogP contribution >= 0.6 is 0 Å². The molecule has 1 aromatic carbocycles. The molecule has 2 aromatic heterocycles. The lowest BCUT2D eigenvalue weighted by Gasteiger charge is -2.36. The molecular weight excluding hydrogens is 366 g/mol. The van der Waals surface area contributed by atoms with E-state index < -0.39 is 0 Å². The number of amides is 1. The van der Waals surface area contributed by atoms with Crippen LogP contribution in [0.1, 0.15) is 29.8 Å². The number of nitrogens with one attached hydrogen (secondary N) is 1. The molecule has 29 heavy (non-hydrogen) atoms. The Balaban J connectivity index is 1.40. The second-order valence-corrected chi connectivity index (χ2v) is 7.34. The summed E-state index contributed by atoms with van der Waals surface area (Å²) in [5, 5.41) is 7.20. The van der Waals surface area contributed by atoms with Crippen molar-refractivity contribution < 1.29 is 9.53 Å². The zero-order valence-electron chi connectivity index (χ0n) is 16.7. The fraction of sp³-hybridized carbons (Fsp3) is 0.318. The molecule has 2 unspecified atom stereocenters. The monoisotopic (exact) mass is 391 g/mol. The maximum Gasteiger partial charge on any atom is 0.253 e. The Hall–Kier alpha value is -3.19. The van der Waals surface area contributed by atoms with Gasteiger partial charge in [-0.15, -0.1) is 0 Å². The highest BCUT2D eigenvalue weighted by atomic mass is 16.5. The highest BCUT2D eigenvalue weighted by molar-refractivity contribution is 5.97. The van der Waals surface area contributed by atoms with Gasteiger partial charge in [0, 0.05) is 38.2 Å². The van der Waals surface area contributed by atoms with Crippen LogP contribution in [-0.2, 0) is 11.3 Å². The summed E-state index contributed by atoms with van der Waals surface area (Å²) >= 11 is 0. The van der Waals surface area contributed by atoms with Crippen molar-refractivity contribution in [3.8, 4) is 5.69 Å². The number of benzene rings is 1. The van der Waals surface area contributed by atoms with Gasteiger partial charge in [-0.05, 0) is 43.7 Å². The van der Waals surface area contributed by atoms with Gasteiger partial charge in [0.15, 0.2) is 0 Å². The van der Waals surface area contributed by atoms with Crippen molar-refractivity contribution in [2.75, 3.05) is 18.0 Å². The predicted molar refractivity (Wildman–Crippen MR) is 111 cm³/mol. The largest absolute Gasteiger partial charge is 0.372 e. The van der Waals surface area contributed by atoms with E-state index in [-0.39, 0.29) is 18.1 Å². The third kappa shape index (κ3) is 4.46. The van der Waals surface area contributed by atoms with E-state index in [4.69, 9.17) is 4.74 Å². The van der Waals surface area contributed by atoms with E-state index >= 15 is 0 Å². The highest BCUT2D eigenvalue weighted by Gasteiger charge is 2.23. The first-order valence-corrected chi connectivity index (χ1v) is 9.83. The molecule has 1 N–H and O–H groups in total. The quantitative estimate of drug-likeness (QED) is 0.724. The van der Waals surface area contributed by atoms with Crippen LogP contribution < -0.4 is 10.2 Å². The Bertz CT molecular complexity index is 946. The van der Waals surface area contributed by atoms with Crippen molar-refractivity contribution in [3.05, 3.63) is 72.2 Å². The summed E-state index contributed by atoms with van der Waals surface area (Å²) in [5.41, 5.74) is 2.28. The van der Waals surface area contributed by atoms with Crippen molar-refractivity contribution in [2.45, 2.75) is 32.6 Å². The van der Waals surface area contributed by atoms with Gasteiger partial charge in [0.25, 0.3) is 5.91 Å². The average Bonchev–Trinajstić information content (AvgIpc) is 3.26. The number of hydrogen-bond donors (Lipinski definition) is 1. The average molecular weight is 391 g/mol. The molecule has 1 aliphatic heterocycles. The SMILES string of the molecule is CC1CN(c2ccc(CNC(=O)c3ccccc3-n3cccn3)cn2)CC(C)O1. The molecule has 0 spiro atoms. The summed E-state index contributed by atoms with van der Waals surface area (Å²) < 4.78 is 7.47. The van der Waals surface area contributed by atoms with Gasteiger partial charge in [0.1, 0.15) is 5.82 Å². The Kier molecular flexibility index (Phi) is 5.57. The van der Waals surface area contributed by atoms with Gasteiger partial charge in [-0.25, -0.2) is 9.67 Å². The van der Waals surface area contributed by atoms with Crippen LogP contribution in [0.3, 0.4) is 0 Å². The fourth-order valence-electron chi connectivity index (χ4n) is 3.63. The number of carbonyl (C=O) groups is 1. The summed E-state index contributed by atoms with van der Waals surface area (Å²) in [6, 6.07) is 13.3. The lowest BCUT2D eigenvalue weighted by Crippen LogP contribution is -2.45. The van der Waals surface area contributed by atoms with Crippen molar-refractivity contribution in [2.24, 2.45) is 0 Å². The van der Waals surface area contributed by atoms with Crippen LogP contribution in [0.2, 0.25) is 0 Å². The molecule has 0 saturated carbocycles. The number of nitrogens with zero attached hydrogens (tertiary/aromatic N) is 4. The number of carbonyl (C=O) groups excluding carboxylic acids is 1. The molecule has 0 aliphatic carbocycles. The zero-order chi connectivity index (χ0) is 20.2. The Morgan fingerprint density at radius 1 is 1.14 bits per heavy atom. The highest BCUT2D eigenvalue weighted by Crippen LogP contribution is 2.19. The molecular formula is C22H25N5O2. The zero-order valence-corrected chi connectivity index (χ0v) is 16.7. The second kappa shape index (κ2) is 8.45. The molecule has 0 bridgehead atoms. The topological polar surface area (TPSA) is 72.3 Å². The molecule has 2 atom stereocenters. The molecule has 1 aliphatic rings. The minimum absolute atomic E-state index is 0.143. The molecule has 0 radical (unpaired) electrons. The number of anilines is 1. The molecule has 7 nitrogen and oxygen atoms in total. The van der Waals surface area contributed by atoms with Gasteiger partial charge in [-0.3, -0.25) is 4.79 Å². The molecule has 3 aromatic rings. The Labute approximate surface area is 170 Å². The Morgan fingerprint density at radius 2 is 1.93 bits per heavy atom. The molecule has 1 saturated heterocycles. The van der Waals surface area contributed by atoms with Crippen LogP contribution in [0.5, 0.6) is 0 Å². The number of aromatic nitrogens is 3. The van der Waals surface area contributed by atoms with E-state index in [0.29, 0.717) is 12.1 Å². The number of morpholine rings is 1. The van der Waals surface area contributed by atoms with Crippen LogP contribution in [0, 0.1) is 0 Å². The first kappa shape index (κ1) is 19.1. The van der Waals surface area contributed by atoms with Crippen molar-refractivity contribution in [1.29, 1.82) is 0 Å². The first-order valence-electron chi connectivity index (χ1n) is 9.83. The van der Waals surface area contributed by atoms with Crippen molar-refractivity contribution in [1.82, 2.24) is 20.1 Å². The summed E-state index contributed by atoms with van der Waals surface area (Å²) in [4.78, 5) is 19.5. The van der Waals surface area contributed by atoms with Gasteiger partial charge in [0.05, 0.1) is 23.5 Å². The van der Waals surface area contributed by atoms with E-state index in [9.17, 15) is 4.79 Å². The molecule has 1 fully saturated rings. The summed E-state index contributed by atoms with van der Waals surface area (Å²) in [6.07, 6.45) is 5.71. The van der Waals surface area contributed by atoms with E-state index in [1.54, 1.807) is 16.9 Å². The summed E-state index contributed by atoms with van der Waals surface area (Å²) in [7, 11) is 0. The molecule has 4 rings (SSSR count). The number of rotatable bonds is 5. The van der Waals surface area contributed by atoms with Gasteiger partial charge >= 0.3 is 0 Å². The van der Waals surface area contributed by atoms with Crippen molar-refractivity contribution in [3.63, 3.8) is 0 Å². The van der Waals surface area contributed by atoms with Gasteiger partial charge in [0.2, 0.25) is 0 Å². The van der Waals surface area contributed by atoms with E-state index in [1.165, 1.54) is 0 Å². The third-order valence-corrected chi connectivity index (χ3v) is 4.91. The van der Waals surface area contributed by atoms with Crippen LogP contribution in [0.4, 0.5) is 5.82 Å². The normalized spacial score (nSPS) is 19.2. The number of hydrogen-bond acceptors (Lipinski definition) is 5. The van der Waals surface area contributed by atoms with E-state index in [1.807, 2.05) is 48.8 Å². The Morgan fingerprint density at radius 3 is 2.62 bits per heavy atom. The van der Waals surface area contributed by atoms with Crippen molar-refractivity contribution >= 4 is 11.7 Å². The van der Waals surface area contributed by atoms with Gasteiger partial charge in [-0.1, -0.05) is 18.2 Å². The standard InChI is InChI=1S/C22H25N5O2/c1-16-14-26(15-17(2)29-16)21-9-8-18(12-23-21)13-24-22(28)19-6-3-4-7-20(19)27-11-5-10-25-27/h3-12,16-17H,13-15H2,1-2H3,(H,24,28). The minimum Gasteiger partial charge on any atom is -0.372 e. The lowest BCUT2D eigenvalue weighted by atomic mass is 10.1. The number of pyridine rings is 1. The van der Waals surface area contributed by atoms with Crippen LogP contribution in [-0.4, -0.2) is 46.0 Å². The van der Waals surface area contributed by atoms with Gasteiger partial charge < -0.3 is 15.0 Å². The first-order chi connectivity index (χ1) is 14.1. The van der Waals surface area contributed by atoms with E-state index in [0.717, 1.165) is 30.2 Å². The molecule has 7 heteroatoms. The smallest absolute Gasteiger partial charge is 0.253 e. The molecule has 150 valence electrons. The number of para-hydroxylation sites is 1. The molecule has 1 amide bonds. The van der Waals surface area contributed by atoms with E-state index in [2.05, 4.69) is 34.1 Å². The van der Waals surface area contributed by atoms with Gasteiger partial charge in [-0.2, -0.15) is 5.10 Å². The maximum atomic E-state index is 12.7.